The Balaban J connectivity index is 1.69. The average Bonchev–Trinajstić information content (AvgIpc) is 3.22. The SMILES string of the molecule is O=c1c2c(Cl)cccc2nc(CNc2ncnc3nc[nH]c23)n1-c1ccccc1F. The number of halogens is 2. The van der Waals surface area contributed by atoms with Gasteiger partial charge in [-0.15, -0.1) is 0 Å². The number of aromatic amines is 1. The number of H-pyrrole nitrogens is 1. The summed E-state index contributed by atoms with van der Waals surface area (Å²) in [5.41, 5.74) is 1.16. The fourth-order valence-electron chi connectivity index (χ4n) is 3.30. The Morgan fingerprint density at radius 2 is 1.97 bits per heavy atom. The zero-order valence-electron chi connectivity index (χ0n) is 15.3. The van der Waals surface area contributed by atoms with Crippen LogP contribution in [0.15, 0.2) is 59.9 Å². The second-order valence-electron chi connectivity index (χ2n) is 6.43. The van der Waals surface area contributed by atoms with E-state index in [2.05, 4.69) is 30.2 Å². The summed E-state index contributed by atoms with van der Waals surface area (Å²) in [6, 6.07) is 11.0. The Bertz CT molecular complexity index is 1460. The van der Waals surface area contributed by atoms with Crippen molar-refractivity contribution in [3.05, 3.63) is 82.1 Å². The number of imidazole rings is 1. The van der Waals surface area contributed by atoms with Crippen molar-refractivity contribution >= 4 is 39.5 Å². The normalized spacial score (nSPS) is 11.3. The van der Waals surface area contributed by atoms with Gasteiger partial charge in [0.05, 0.1) is 34.5 Å². The van der Waals surface area contributed by atoms with Crippen LogP contribution in [0.2, 0.25) is 5.02 Å². The van der Waals surface area contributed by atoms with Crippen molar-refractivity contribution in [3.63, 3.8) is 0 Å². The summed E-state index contributed by atoms with van der Waals surface area (Å²) in [6.45, 7) is 0.0944. The number of hydrogen-bond donors (Lipinski definition) is 2. The fraction of sp³-hybridized carbons (Fsp3) is 0.0500. The lowest BCUT2D eigenvalue weighted by Crippen LogP contribution is -2.26. The van der Waals surface area contributed by atoms with E-state index >= 15 is 0 Å². The van der Waals surface area contributed by atoms with Gasteiger partial charge in [0.1, 0.15) is 23.5 Å². The monoisotopic (exact) mass is 421 g/mol. The zero-order chi connectivity index (χ0) is 20.7. The van der Waals surface area contributed by atoms with Crippen molar-refractivity contribution in [3.8, 4) is 5.69 Å². The smallest absolute Gasteiger partial charge is 0.267 e. The Morgan fingerprint density at radius 1 is 1.10 bits per heavy atom. The summed E-state index contributed by atoms with van der Waals surface area (Å²) in [6.07, 6.45) is 2.89. The van der Waals surface area contributed by atoms with Gasteiger partial charge in [0.25, 0.3) is 5.56 Å². The molecule has 5 aromatic rings. The van der Waals surface area contributed by atoms with Gasteiger partial charge < -0.3 is 10.3 Å². The quantitative estimate of drug-likeness (QED) is 0.461. The van der Waals surface area contributed by atoms with Gasteiger partial charge in [-0.3, -0.25) is 9.36 Å². The van der Waals surface area contributed by atoms with Crippen molar-refractivity contribution in [1.29, 1.82) is 0 Å². The van der Waals surface area contributed by atoms with Crippen LogP contribution in [0.1, 0.15) is 5.82 Å². The van der Waals surface area contributed by atoms with E-state index in [1.807, 2.05) is 0 Å². The molecule has 2 aromatic carbocycles. The van der Waals surface area contributed by atoms with Crippen LogP contribution in [0.3, 0.4) is 0 Å². The zero-order valence-corrected chi connectivity index (χ0v) is 16.1. The number of aromatic nitrogens is 6. The number of benzene rings is 2. The number of rotatable bonds is 4. The van der Waals surface area contributed by atoms with Gasteiger partial charge in [0, 0.05) is 0 Å². The largest absolute Gasteiger partial charge is 0.361 e. The molecule has 5 rings (SSSR count). The molecule has 0 fully saturated rings. The number of hydrogen-bond acceptors (Lipinski definition) is 6. The topological polar surface area (TPSA) is 101 Å². The molecule has 8 nitrogen and oxygen atoms in total. The standard InChI is InChI=1S/C20H13ClFN7O/c21-11-4-3-6-13-16(11)20(30)29(14-7-2-1-5-12(14)22)15(28-13)8-23-18-17-19(25-9-24-17)27-10-26-18/h1-7,9-10H,8H2,(H2,23,24,25,26,27). The highest BCUT2D eigenvalue weighted by atomic mass is 35.5. The van der Waals surface area contributed by atoms with E-state index in [0.717, 1.165) is 0 Å². The minimum atomic E-state index is -0.549. The molecule has 0 bridgehead atoms. The van der Waals surface area contributed by atoms with Crippen LogP contribution in [-0.4, -0.2) is 29.5 Å². The van der Waals surface area contributed by atoms with Crippen molar-refractivity contribution in [2.24, 2.45) is 0 Å². The van der Waals surface area contributed by atoms with Crippen molar-refractivity contribution in [2.45, 2.75) is 6.54 Å². The fourth-order valence-corrected chi connectivity index (χ4v) is 3.55. The first-order chi connectivity index (χ1) is 14.6. The average molecular weight is 422 g/mol. The minimum Gasteiger partial charge on any atom is -0.361 e. The molecule has 0 saturated carbocycles. The summed E-state index contributed by atoms with van der Waals surface area (Å²) in [5, 5.41) is 3.61. The van der Waals surface area contributed by atoms with E-state index in [1.165, 1.54) is 29.4 Å². The first kappa shape index (κ1) is 18.2. The molecule has 30 heavy (non-hydrogen) atoms. The Hall–Kier alpha value is -3.85. The summed E-state index contributed by atoms with van der Waals surface area (Å²) in [5.74, 6) is 0.233. The maximum Gasteiger partial charge on any atom is 0.267 e. The summed E-state index contributed by atoms with van der Waals surface area (Å²) in [7, 11) is 0. The molecule has 148 valence electrons. The molecule has 0 aliphatic carbocycles. The molecule has 0 amide bonds. The van der Waals surface area contributed by atoms with E-state index in [0.29, 0.717) is 28.3 Å². The highest BCUT2D eigenvalue weighted by Gasteiger charge is 2.17. The van der Waals surface area contributed by atoms with Crippen LogP contribution in [0.5, 0.6) is 0 Å². The van der Waals surface area contributed by atoms with Crippen molar-refractivity contribution in [1.82, 2.24) is 29.5 Å². The van der Waals surface area contributed by atoms with E-state index < -0.39 is 11.4 Å². The van der Waals surface area contributed by atoms with Crippen LogP contribution >= 0.6 is 11.6 Å². The molecule has 0 aliphatic heterocycles. The van der Waals surface area contributed by atoms with Gasteiger partial charge in [-0.05, 0) is 24.3 Å². The summed E-state index contributed by atoms with van der Waals surface area (Å²) < 4.78 is 15.8. The molecule has 3 heterocycles. The molecule has 0 aliphatic rings. The van der Waals surface area contributed by atoms with Crippen molar-refractivity contribution in [2.75, 3.05) is 5.32 Å². The van der Waals surface area contributed by atoms with Crippen LogP contribution in [0.25, 0.3) is 27.8 Å². The first-order valence-electron chi connectivity index (χ1n) is 8.96. The number of nitrogens with one attached hydrogen (secondary N) is 2. The summed E-state index contributed by atoms with van der Waals surface area (Å²) >= 11 is 6.25. The molecule has 0 spiro atoms. The molecule has 0 unspecified atom stereocenters. The van der Waals surface area contributed by atoms with E-state index in [9.17, 15) is 9.18 Å². The van der Waals surface area contributed by atoms with Crippen LogP contribution in [-0.2, 0) is 6.54 Å². The van der Waals surface area contributed by atoms with E-state index in [4.69, 9.17) is 11.6 Å². The highest BCUT2D eigenvalue weighted by molar-refractivity contribution is 6.35. The molecular weight excluding hydrogens is 409 g/mol. The van der Waals surface area contributed by atoms with Crippen molar-refractivity contribution < 1.29 is 4.39 Å². The Labute approximate surface area is 173 Å². The van der Waals surface area contributed by atoms with Gasteiger partial charge in [0.2, 0.25) is 0 Å². The second kappa shape index (κ2) is 7.20. The number of para-hydroxylation sites is 1. The predicted octanol–water partition coefficient (Wildman–Crippen LogP) is 3.46. The molecule has 10 heteroatoms. The van der Waals surface area contributed by atoms with Gasteiger partial charge in [0.15, 0.2) is 11.5 Å². The van der Waals surface area contributed by atoms with E-state index in [1.54, 1.807) is 30.3 Å². The number of fused-ring (bicyclic) bond motifs is 2. The minimum absolute atomic E-state index is 0.0861. The maximum absolute atomic E-state index is 14.6. The Kier molecular flexibility index (Phi) is 4.36. The first-order valence-corrected chi connectivity index (χ1v) is 9.34. The lowest BCUT2D eigenvalue weighted by Gasteiger charge is -2.15. The molecule has 3 aromatic heterocycles. The third-order valence-electron chi connectivity index (χ3n) is 4.65. The van der Waals surface area contributed by atoms with Crippen LogP contribution < -0.4 is 10.9 Å². The predicted molar refractivity (Wildman–Crippen MR) is 111 cm³/mol. The molecule has 0 radical (unpaired) electrons. The lowest BCUT2D eigenvalue weighted by atomic mass is 10.2. The molecule has 2 N–H and O–H groups in total. The highest BCUT2D eigenvalue weighted by Crippen LogP contribution is 2.22. The molecule has 0 atom stereocenters. The van der Waals surface area contributed by atoms with Crippen LogP contribution in [0, 0.1) is 5.82 Å². The maximum atomic E-state index is 14.6. The number of nitrogens with zero attached hydrogens (tertiary/aromatic N) is 5. The summed E-state index contributed by atoms with van der Waals surface area (Å²) in [4.78, 5) is 33.2. The number of anilines is 1. The molecule has 0 saturated heterocycles. The Morgan fingerprint density at radius 3 is 2.83 bits per heavy atom. The third kappa shape index (κ3) is 2.96. The second-order valence-corrected chi connectivity index (χ2v) is 6.84. The van der Waals surface area contributed by atoms with Crippen LogP contribution in [0.4, 0.5) is 10.2 Å². The van der Waals surface area contributed by atoms with Gasteiger partial charge in [-0.2, -0.15) is 0 Å². The lowest BCUT2D eigenvalue weighted by molar-refractivity contribution is 0.612. The van der Waals surface area contributed by atoms with Gasteiger partial charge in [-0.1, -0.05) is 29.8 Å². The molecular formula is C20H13ClFN7O. The van der Waals surface area contributed by atoms with Gasteiger partial charge in [-0.25, -0.2) is 24.3 Å². The third-order valence-corrected chi connectivity index (χ3v) is 4.96. The van der Waals surface area contributed by atoms with Gasteiger partial charge >= 0.3 is 0 Å². The van der Waals surface area contributed by atoms with E-state index in [-0.39, 0.29) is 22.6 Å².